The standard InChI is InChI=1S/C9H10F4N2O/c1-16-7-3-2-5(10)4-6(7)8(15-14)9(11,12)13/h2-4,8,15H,14H2,1H3/t8-/m0/s1. The highest BCUT2D eigenvalue weighted by Gasteiger charge is 2.41. The lowest BCUT2D eigenvalue weighted by molar-refractivity contribution is -0.158. The van der Waals surface area contributed by atoms with E-state index in [-0.39, 0.29) is 5.75 Å². The average Bonchev–Trinajstić information content (AvgIpc) is 2.17. The Hall–Kier alpha value is -1.34. The van der Waals surface area contributed by atoms with Crippen LogP contribution in [0.1, 0.15) is 11.6 Å². The molecule has 0 aliphatic rings. The van der Waals surface area contributed by atoms with Crippen LogP contribution in [-0.2, 0) is 0 Å². The van der Waals surface area contributed by atoms with Crippen molar-refractivity contribution >= 4 is 0 Å². The second-order valence-electron chi connectivity index (χ2n) is 3.03. The van der Waals surface area contributed by atoms with Crippen LogP contribution in [0.3, 0.4) is 0 Å². The summed E-state index contributed by atoms with van der Waals surface area (Å²) >= 11 is 0. The number of hydrogen-bond acceptors (Lipinski definition) is 3. The van der Waals surface area contributed by atoms with E-state index in [4.69, 9.17) is 10.6 Å². The van der Waals surface area contributed by atoms with Gasteiger partial charge < -0.3 is 4.74 Å². The highest BCUT2D eigenvalue weighted by molar-refractivity contribution is 5.37. The lowest BCUT2D eigenvalue weighted by atomic mass is 10.1. The van der Waals surface area contributed by atoms with E-state index in [1.54, 1.807) is 5.43 Å². The number of benzene rings is 1. The summed E-state index contributed by atoms with van der Waals surface area (Å²) in [7, 11) is 1.20. The first kappa shape index (κ1) is 12.7. The zero-order chi connectivity index (χ0) is 12.3. The van der Waals surface area contributed by atoms with E-state index in [2.05, 4.69) is 0 Å². The Kier molecular flexibility index (Phi) is 3.71. The van der Waals surface area contributed by atoms with E-state index in [1.165, 1.54) is 7.11 Å². The van der Waals surface area contributed by atoms with Gasteiger partial charge in [0.05, 0.1) is 7.11 Å². The quantitative estimate of drug-likeness (QED) is 0.480. The van der Waals surface area contributed by atoms with Crippen molar-refractivity contribution in [3.63, 3.8) is 0 Å². The number of hydrazine groups is 1. The van der Waals surface area contributed by atoms with E-state index in [0.717, 1.165) is 18.2 Å². The monoisotopic (exact) mass is 238 g/mol. The van der Waals surface area contributed by atoms with E-state index in [9.17, 15) is 17.6 Å². The third kappa shape index (κ3) is 2.61. The van der Waals surface area contributed by atoms with Crippen LogP contribution in [0.2, 0.25) is 0 Å². The van der Waals surface area contributed by atoms with Gasteiger partial charge in [-0.25, -0.2) is 9.82 Å². The number of ether oxygens (including phenoxy) is 1. The molecule has 0 saturated carbocycles. The zero-order valence-corrected chi connectivity index (χ0v) is 8.31. The molecule has 0 spiro atoms. The Morgan fingerprint density at radius 3 is 2.44 bits per heavy atom. The Bertz CT molecular complexity index is 367. The maximum atomic E-state index is 12.9. The second-order valence-corrected chi connectivity index (χ2v) is 3.03. The smallest absolute Gasteiger partial charge is 0.409 e. The van der Waals surface area contributed by atoms with Crippen LogP contribution in [0.25, 0.3) is 0 Å². The number of nitrogens with two attached hydrogens (primary N) is 1. The van der Waals surface area contributed by atoms with Crippen molar-refractivity contribution < 1.29 is 22.3 Å². The molecule has 0 aliphatic carbocycles. The molecule has 0 unspecified atom stereocenters. The molecular formula is C9H10F4N2O. The van der Waals surface area contributed by atoms with Crippen LogP contribution >= 0.6 is 0 Å². The molecule has 0 radical (unpaired) electrons. The van der Waals surface area contributed by atoms with Crippen molar-refractivity contribution in [3.8, 4) is 5.75 Å². The summed E-state index contributed by atoms with van der Waals surface area (Å²) in [6, 6.07) is 0.683. The molecule has 1 aromatic rings. The molecule has 1 rings (SSSR count). The Morgan fingerprint density at radius 2 is 2.00 bits per heavy atom. The fourth-order valence-electron chi connectivity index (χ4n) is 1.29. The van der Waals surface area contributed by atoms with Gasteiger partial charge in [0.25, 0.3) is 0 Å². The van der Waals surface area contributed by atoms with Crippen molar-refractivity contribution in [3.05, 3.63) is 29.6 Å². The summed E-state index contributed by atoms with van der Waals surface area (Å²) in [5.41, 5.74) is 1.20. The van der Waals surface area contributed by atoms with Gasteiger partial charge in [-0.05, 0) is 18.2 Å². The van der Waals surface area contributed by atoms with Crippen molar-refractivity contribution in [1.29, 1.82) is 0 Å². The van der Waals surface area contributed by atoms with Crippen molar-refractivity contribution in [2.45, 2.75) is 12.2 Å². The van der Waals surface area contributed by atoms with E-state index >= 15 is 0 Å². The maximum absolute atomic E-state index is 12.9. The normalized spacial score (nSPS) is 13.6. The van der Waals surface area contributed by atoms with Gasteiger partial charge in [0.15, 0.2) is 0 Å². The highest BCUT2D eigenvalue weighted by atomic mass is 19.4. The van der Waals surface area contributed by atoms with Crippen LogP contribution in [-0.4, -0.2) is 13.3 Å². The van der Waals surface area contributed by atoms with Gasteiger partial charge in [0, 0.05) is 5.56 Å². The van der Waals surface area contributed by atoms with Gasteiger partial charge in [0.1, 0.15) is 17.6 Å². The predicted octanol–water partition coefficient (Wildman–Crippen LogP) is 1.90. The van der Waals surface area contributed by atoms with Crippen LogP contribution < -0.4 is 16.0 Å². The Morgan fingerprint density at radius 1 is 1.38 bits per heavy atom. The molecule has 7 heteroatoms. The Balaban J connectivity index is 3.23. The summed E-state index contributed by atoms with van der Waals surface area (Å²) in [4.78, 5) is 0. The fraction of sp³-hybridized carbons (Fsp3) is 0.333. The van der Waals surface area contributed by atoms with Crippen molar-refractivity contribution in [2.75, 3.05) is 7.11 Å². The Labute approximate surface area is 89.2 Å². The molecule has 16 heavy (non-hydrogen) atoms. The average molecular weight is 238 g/mol. The first-order valence-electron chi connectivity index (χ1n) is 4.26. The fourth-order valence-corrected chi connectivity index (χ4v) is 1.29. The number of methoxy groups -OCH3 is 1. The number of hydrogen-bond donors (Lipinski definition) is 2. The third-order valence-electron chi connectivity index (χ3n) is 2.00. The van der Waals surface area contributed by atoms with Gasteiger partial charge in [-0.1, -0.05) is 0 Å². The molecule has 3 N–H and O–H groups in total. The van der Waals surface area contributed by atoms with Gasteiger partial charge >= 0.3 is 6.18 Å². The molecule has 1 aromatic carbocycles. The predicted molar refractivity (Wildman–Crippen MR) is 49.1 cm³/mol. The number of halogens is 4. The molecule has 0 fully saturated rings. The topological polar surface area (TPSA) is 47.3 Å². The van der Waals surface area contributed by atoms with E-state index < -0.39 is 23.6 Å². The SMILES string of the molecule is COc1ccc(F)cc1[C@H](NN)C(F)(F)F. The van der Waals surface area contributed by atoms with Crippen molar-refractivity contribution in [2.24, 2.45) is 5.84 Å². The van der Waals surface area contributed by atoms with Gasteiger partial charge in [-0.3, -0.25) is 5.84 Å². The van der Waals surface area contributed by atoms with E-state index in [0.29, 0.717) is 0 Å². The molecule has 0 bridgehead atoms. The minimum absolute atomic E-state index is 0.0818. The first-order valence-corrected chi connectivity index (χ1v) is 4.26. The summed E-state index contributed by atoms with van der Waals surface area (Å²) in [6.07, 6.45) is -4.63. The molecule has 0 saturated heterocycles. The largest absolute Gasteiger partial charge is 0.496 e. The van der Waals surface area contributed by atoms with Gasteiger partial charge in [-0.15, -0.1) is 0 Å². The molecule has 1 atom stereocenters. The lowest BCUT2D eigenvalue weighted by Gasteiger charge is -2.21. The molecule has 0 heterocycles. The molecule has 3 nitrogen and oxygen atoms in total. The summed E-state index contributed by atoms with van der Waals surface area (Å²) in [6.45, 7) is 0. The van der Waals surface area contributed by atoms with E-state index in [1.807, 2.05) is 0 Å². The summed E-state index contributed by atoms with van der Waals surface area (Å²) in [5, 5.41) is 0. The lowest BCUT2D eigenvalue weighted by Crippen LogP contribution is -2.38. The van der Waals surface area contributed by atoms with Gasteiger partial charge in [0.2, 0.25) is 0 Å². The second kappa shape index (κ2) is 4.67. The number of alkyl halides is 3. The summed E-state index contributed by atoms with van der Waals surface area (Å²) < 4.78 is 55.2. The minimum Gasteiger partial charge on any atom is -0.496 e. The molecule has 0 aromatic heterocycles. The molecule has 0 amide bonds. The summed E-state index contributed by atoms with van der Waals surface area (Å²) in [5.74, 6) is 3.94. The first-order chi connectivity index (χ1) is 7.40. The highest BCUT2D eigenvalue weighted by Crippen LogP contribution is 2.36. The molecule has 0 aliphatic heterocycles. The number of rotatable bonds is 3. The minimum atomic E-state index is -4.63. The van der Waals surface area contributed by atoms with Gasteiger partial charge in [-0.2, -0.15) is 13.2 Å². The van der Waals surface area contributed by atoms with Crippen LogP contribution in [0, 0.1) is 5.82 Å². The van der Waals surface area contributed by atoms with Crippen LogP contribution in [0.15, 0.2) is 18.2 Å². The van der Waals surface area contributed by atoms with Crippen LogP contribution in [0.5, 0.6) is 5.75 Å². The zero-order valence-electron chi connectivity index (χ0n) is 8.31. The molecular weight excluding hydrogens is 228 g/mol. The van der Waals surface area contributed by atoms with Crippen LogP contribution in [0.4, 0.5) is 17.6 Å². The molecule has 90 valence electrons. The number of nitrogens with one attached hydrogen (secondary N) is 1. The third-order valence-corrected chi connectivity index (χ3v) is 2.00. The van der Waals surface area contributed by atoms with Crippen molar-refractivity contribution in [1.82, 2.24) is 5.43 Å². The maximum Gasteiger partial charge on any atom is 0.409 e.